The molecule has 3 N–H and O–H groups in total. The van der Waals surface area contributed by atoms with E-state index >= 15 is 0 Å². The quantitative estimate of drug-likeness (QED) is 0.0755. The third kappa shape index (κ3) is 17.3. The van der Waals surface area contributed by atoms with Gasteiger partial charge >= 0.3 is 7.05 Å². The van der Waals surface area contributed by atoms with Crippen LogP contribution in [-0.4, -0.2) is 88.4 Å². The number of ether oxygens (including phenoxy) is 4. The molecule has 4 aliphatic carbocycles. The van der Waals surface area contributed by atoms with Gasteiger partial charge in [0.1, 0.15) is 51.0 Å². The molecule has 4 spiro atoms. The van der Waals surface area contributed by atoms with E-state index < -0.39 is 0 Å². The van der Waals surface area contributed by atoms with Gasteiger partial charge in [-0.2, -0.15) is 11.8 Å². The Hall–Kier alpha value is -3.14. The minimum Gasteiger partial charge on any atom is -0.487 e. The van der Waals surface area contributed by atoms with Gasteiger partial charge in [-0.15, -0.1) is 0 Å². The molecular formula is C72H85B3Br4N5O7SU. The predicted molar refractivity (Wildman–Crippen MR) is 389 cm³/mol. The minimum atomic E-state index is -0.376. The summed E-state index contributed by atoms with van der Waals surface area (Å²) in [5.41, 5.74) is 20.7. The summed E-state index contributed by atoms with van der Waals surface area (Å²) in [6, 6.07) is 45.6. The number of carbonyl (C=O) groups is 1. The molecule has 4 saturated carbocycles. The monoisotopic (exact) mass is 1750 g/mol. The first-order valence-electron chi connectivity index (χ1n) is 33.0. The third-order valence-corrected chi connectivity index (χ3v) is 22.0. The Morgan fingerprint density at radius 3 is 1.53 bits per heavy atom. The first-order valence-corrected chi connectivity index (χ1v) is 37.2. The molecule has 12 nitrogen and oxygen atoms in total. The Balaban J connectivity index is 0.000000148. The van der Waals surface area contributed by atoms with Crippen molar-refractivity contribution in [1.82, 2.24) is 4.81 Å². The first kappa shape index (κ1) is 74.1. The van der Waals surface area contributed by atoms with E-state index in [1.807, 2.05) is 79.2 Å². The zero-order valence-corrected chi connectivity index (χ0v) is 65.0. The summed E-state index contributed by atoms with van der Waals surface area (Å²) >= 11 is 15.5. The molecule has 487 valence electrons. The molecule has 2 saturated heterocycles. The Labute approximate surface area is 618 Å². The number of thioether (sulfide) groups is 1. The van der Waals surface area contributed by atoms with E-state index in [9.17, 15) is 9.90 Å². The number of nitrogens with zero attached hydrogens (tertiary/aromatic N) is 4. The van der Waals surface area contributed by atoms with Crippen LogP contribution in [0.3, 0.4) is 0 Å². The molecule has 21 heteroatoms. The number of fused-ring (bicyclic) bond motifs is 5. The van der Waals surface area contributed by atoms with Crippen molar-refractivity contribution in [3.05, 3.63) is 195 Å². The summed E-state index contributed by atoms with van der Waals surface area (Å²) < 4.78 is 40.5. The van der Waals surface area contributed by atoms with Crippen LogP contribution < -0.4 is 24.7 Å². The maximum atomic E-state index is 12.1. The fourth-order valence-electron chi connectivity index (χ4n) is 15.9. The molecule has 93 heavy (non-hydrogen) atoms. The number of benzene rings is 6. The van der Waals surface area contributed by atoms with Crippen LogP contribution >= 0.6 is 75.5 Å². The van der Waals surface area contributed by atoms with Crippen LogP contribution in [0.1, 0.15) is 198 Å². The van der Waals surface area contributed by atoms with Crippen molar-refractivity contribution >= 4 is 105 Å². The van der Waals surface area contributed by atoms with E-state index in [0.717, 1.165) is 140 Å². The average Bonchev–Trinajstić information content (AvgIpc) is 1.56. The molecule has 4 atom stereocenters. The molecule has 6 aliphatic heterocycles. The average molecular weight is 1760 g/mol. The van der Waals surface area contributed by atoms with E-state index in [2.05, 4.69) is 160 Å². The van der Waals surface area contributed by atoms with Gasteiger partial charge in [0.2, 0.25) is 0 Å². The summed E-state index contributed by atoms with van der Waals surface area (Å²) in [4.78, 5) is 17.6. The van der Waals surface area contributed by atoms with Gasteiger partial charge in [-0.1, -0.05) is 129 Å². The number of hydrogen-bond donors (Lipinski definition) is 2. The second-order valence-corrected chi connectivity index (χ2v) is 30.7. The van der Waals surface area contributed by atoms with Crippen molar-refractivity contribution in [2.75, 3.05) is 19.1 Å². The molecule has 0 bridgehead atoms. The largest absolute Gasteiger partial charge is 0.487 e. The van der Waals surface area contributed by atoms with Crippen LogP contribution in [-0.2, 0) is 10.3 Å². The first-order chi connectivity index (χ1) is 44.5. The maximum Gasteiger partial charge on any atom is 0.380 e. The predicted octanol–water partition coefficient (Wildman–Crippen LogP) is 19.2. The Kier molecular flexibility index (Phi) is 26.8. The number of azide groups is 1. The fraction of sp³-hybridized carbons (Fsp3) is 0.486. The molecule has 6 aromatic rings. The minimum absolute atomic E-state index is 0. The summed E-state index contributed by atoms with van der Waals surface area (Å²) in [6.07, 6.45) is 27.7. The van der Waals surface area contributed by atoms with Crippen molar-refractivity contribution < 1.29 is 64.6 Å². The number of nitrogens with two attached hydrogens (primary N) is 1. The standard InChI is InChI=1S/C18H20BNO.C13H14BrN3O.C13H16BrNO.C13H15BrO2.C13H13BrO2.C2H6S.BH.B.U/c1-19-20-14-8-13-17(20)18(21-19,15-9-4-2-5-10-15)16-11-6-3-7-12-16;14-9-3-4-12-10(7-9)11(16-17-15)8-13(18-12)5-1-2-6-13;3*14-9-3-4-12-10(7-9)11(15)8-13(16-12)5-1-2-6-13;1-3-2;;;/h2-7,9-12,17H,8,13-14H2,1H3;3-4,7,11H,1-2,5-6,8H2;3-4,7,11H,1-2,5-6,8,15H2;3-4,7,11,15H,1-2,5-6,8H2;3-4,7H,1-2,5-6,8H2;1-2H3;1H;;/t17-;3*11-;;;;;/m1110...../s1/i;;;;;;1D;;. The molecule has 0 amide bonds. The van der Waals surface area contributed by atoms with Crippen LogP contribution in [0.5, 0.6) is 23.0 Å². The van der Waals surface area contributed by atoms with E-state index in [1.165, 1.54) is 75.3 Å². The van der Waals surface area contributed by atoms with Crippen molar-refractivity contribution in [2.45, 2.75) is 200 Å². The number of rotatable bonds is 3. The van der Waals surface area contributed by atoms with Gasteiger partial charge in [0.25, 0.3) is 0 Å². The van der Waals surface area contributed by atoms with Gasteiger partial charge in [-0.05, 0) is 239 Å². The smallest absolute Gasteiger partial charge is 0.380 e. The molecule has 10 aliphatic rings. The molecule has 0 unspecified atom stereocenters. The van der Waals surface area contributed by atoms with Crippen molar-refractivity contribution in [1.29, 1.82) is 1.34 Å². The second kappa shape index (κ2) is 33.6. The van der Waals surface area contributed by atoms with Gasteiger partial charge < -0.3 is 39.3 Å². The van der Waals surface area contributed by atoms with E-state index in [1.54, 1.807) is 11.8 Å². The normalized spacial score (nSPS) is 23.3. The van der Waals surface area contributed by atoms with Gasteiger partial charge in [-0.25, -0.2) is 0 Å². The van der Waals surface area contributed by atoms with Gasteiger partial charge in [-0.3, -0.25) is 4.79 Å². The number of aliphatic hydroxyl groups excluding tert-OH is 1. The third-order valence-electron chi connectivity index (χ3n) is 20.0. The van der Waals surface area contributed by atoms with Gasteiger partial charge in [0, 0.05) is 112 Å². The fourth-order valence-corrected chi connectivity index (χ4v) is 17.4. The van der Waals surface area contributed by atoms with E-state index in [4.69, 9.17) is 36.2 Å². The second-order valence-electron chi connectivity index (χ2n) is 26.2. The number of Topliss-reactive ketones (excluding diaryl/α,β-unsaturated/α-hetero) is 1. The van der Waals surface area contributed by atoms with Crippen LogP contribution in [0, 0.1) is 31.1 Å². The molecule has 5 radical (unpaired) electrons. The van der Waals surface area contributed by atoms with Crippen molar-refractivity contribution in [2.24, 2.45) is 10.8 Å². The van der Waals surface area contributed by atoms with Crippen LogP contribution in [0.4, 0.5) is 0 Å². The number of carbonyl (C=O) groups excluding carboxylic acids is 1. The van der Waals surface area contributed by atoms with Crippen LogP contribution in [0.25, 0.3) is 10.4 Å². The van der Waals surface area contributed by atoms with Crippen LogP contribution in [0.2, 0.25) is 6.82 Å². The van der Waals surface area contributed by atoms with E-state index in [-0.39, 0.29) is 98.6 Å². The molecule has 16 rings (SSSR count). The SMILES string of the molecule is CB1OC(c2ccccc2)(c2ccccc2)[C@H]2CCCN12.CSC.N[C@@H]1CC2(CCCC2)Oc2ccc(Br)cc21.O=C1CC2(CCCC2)Oc2ccc(Br)cc21.O[C@H]1CC2(CCCC2)Oc2ccc(Br)cc21.[2H][B].[B].[N-]=[N+]=N[C@@H]1CC2(CCCC2)Oc2ccc(Br)cc21.[U]. The van der Waals surface area contributed by atoms with E-state index in [0.29, 0.717) is 12.5 Å². The van der Waals surface area contributed by atoms with Crippen LogP contribution in [0.15, 0.2) is 156 Å². The summed E-state index contributed by atoms with van der Waals surface area (Å²) in [7, 11) is 3.93. The van der Waals surface area contributed by atoms with Crippen molar-refractivity contribution in [3.63, 3.8) is 0 Å². The Bertz CT molecular complexity index is 3390. The maximum absolute atomic E-state index is 12.1. The summed E-state index contributed by atoms with van der Waals surface area (Å²) in [5.74, 6) is 3.72. The zero-order valence-electron chi connectivity index (χ0n) is 54.7. The zero-order chi connectivity index (χ0) is 65.1. The number of ketones is 1. The molecule has 0 aromatic heterocycles. The number of halogens is 4. The molecule has 6 heterocycles. The summed E-state index contributed by atoms with van der Waals surface area (Å²) in [6.45, 7) is 3.33. The molecule has 6 fully saturated rings. The number of aliphatic hydroxyl groups is 1. The summed E-state index contributed by atoms with van der Waals surface area (Å²) in [5, 5.41) is 14.2. The molecular weight excluding hydrogens is 1670 g/mol. The van der Waals surface area contributed by atoms with Gasteiger partial charge in [0.15, 0.2) is 5.78 Å². The van der Waals surface area contributed by atoms with Gasteiger partial charge in [0.05, 0.1) is 24.1 Å². The number of hydrogen-bond acceptors (Lipinski definition) is 11. The Morgan fingerprint density at radius 1 is 0.613 bits per heavy atom. The van der Waals surface area contributed by atoms with Crippen molar-refractivity contribution in [3.8, 4) is 23.0 Å². The topological polar surface area (TPSA) is 161 Å². The molecule has 6 aromatic carbocycles. The Morgan fingerprint density at radius 2 is 1.02 bits per heavy atom.